The van der Waals surface area contributed by atoms with Crippen LogP contribution in [0.1, 0.15) is 12.5 Å². The number of nitrogens with one attached hydrogen (secondary N) is 1. The van der Waals surface area contributed by atoms with Gasteiger partial charge in [-0.05, 0) is 36.4 Å². The lowest BCUT2D eigenvalue weighted by molar-refractivity contribution is -0.116. The van der Waals surface area contributed by atoms with Gasteiger partial charge in [-0.1, -0.05) is 11.6 Å². The Hall–Kier alpha value is -1.92. The van der Waals surface area contributed by atoms with Crippen molar-refractivity contribution >= 4 is 44.6 Å². The molecule has 0 spiro atoms. The first kappa shape index (κ1) is 18.4. The fourth-order valence-corrected chi connectivity index (χ4v) is 4.54. The highest BCUT2D eigenvalue weighted by Gasteiger charge is 2.18. The molecule has 0 aliphatic rings. The summed E-state index contributed by atoms with van der Waals surface area (Å²) in [7, 11) is -3.65. The van der Waals surface area contributed by atoms with Gasteiger partial charge in [-0.2, -0.15) is 5.26 Å². The topological polar surface area (TPSA) is 90.3 Å². The molecule has 0 bridgehead atoms. The van der Waals surface area contributed by atoms with E-state index in [9.17, 15) is 13.2 Å². The molecule has 0 radical (unpaired) electrons. The molecule has 2 rings (SSSR count). The summed E-state index contributed by atoms with van der Waals surface area (Å²) < 4.78 is 27.2. The van der Waals surface area contributed by atoms with Crippen LogP contribution in [0.15, 0.2) is 40.6 Å². The van der Waals surface area contributed by atoms with Crippen molar-refractivity contribution in [1.82, 2.24) is 4.72 Å². The molecule has 24 heavy (non-hydrogen) atoms. The number of carbonyl (C=O) groups excluding carboxylic acids is 1. The number of sulfonamides is 1. The molecule has 1 heterocycles. The number of anilines is 1. The summed E-state index contributed by atoms with van der Waals surface area (Å²) in [5.41, 5.74) is 1.08. The van der Waals surface area contributed by atoms with E-state index in [1.807, 2.05) is 6.07 Å². The van der Waals surface area contributed by atoms with Gasteiger partial charge in [0.25, 0.3) is 0 Å². The van der Waals surface area contributed by atoms with Gasteiger partial charge in [0.1, 0.15) is 4.21 Å². The molecule has 0 saturated heterocycles. The quantitative estimate of drug-likeness (QED) is 0.830. The van der Waals surface area contributed by atoms with Crippen molar-refractivity contribution in [2.45, 2.75) is 11.1 Å². The van der Waals surface area contributed by atoms with E-state index in [1.165, 1.54) is 24.0 Å². The Balaban J connectivity index is 2.04. The Morgan fingerprint density at radius 2 is 1.96 bits per heavy atom. The van der Waals surface area contributed by atoms with Gasteiger partial charge in [-0.25, -0.2) is 13.1 Å². The first-order valence-corrected chi connectivity index (χ1v) is 9.54. The van der Waals surface area contributed by atoms with Gasteiger partial charge in [0, 0.05) is 25.7 Å². The van der Waals surface area contributed by atoms with Crippen LogP contribution in [-0.4, -0.2) is 27.4 Å². The molecule has 1 aromatic heterocycles. The van der Waals surface area contributed by atoms with Crippen LogP contribution in [0, 0.1) is 11.3 Å². The molecular formula is C15H14ClN3O3S2. The van der Waals surface area contributed by atoms with E-state index in [-0.39, 0.29) is 23.2 Å². The van der Waals surface area contributed by atoms with Gasteiger partial charge in [0.05, 0.1) is 16.0 Å². The fraction of sp³-hybridized carbons (Fsp3) is 0.200. The predicted molar refractivity (Wildman–Crippen MR) is 93.7 cm³/mol. The van der Waals surface area contributed by atoms with Gasteiger partial charge in [-0.3, -0.25) is 4.79 Å². The number of hydrogen-bond acceptors (Lipinski definition) is 5. The lowest BCUT2D eigenvalue weighted by Gasteiger charge is -2.21. The summed E-state index contributed by atoms with van der Waals surface area (Å²) in [5.74, 6) is -0.224. The Labute approximate surface area is 149 Å². The predicted octanol–water partition coefficient (Wildman–Crippen LogP) is 2.60. The highest BCUT2D eigenvalue weighted by molar-refractivity contribution is 7.91. The van der Waals surface area contributed by atoms with Gasteiger partial charge >= 0.3 is 0 Å². The van der Waals surface area contributed by atoms with E-state index >= 15 is 0 Å². The Morgan fingerprint density at radius 3 is 2.46 bits per heavy atom. The van der Waals surface area contributed by atoms with Crippen LogP contribution in [0.3, 0.4) is 0 Å². The summed E-state index contributed by atoms with van der Waals surface area (Å²) in [5, 5.41) is 8.80. The maximum atomic E-state index is 12.1. The summed E-state index contributed by atoms with van der Waals surface area (Å²) >= 11 is 6.71. The summed E-state index contributed by atoms with van der Waals surface area (Å²) in [6.45, 7) is 1.61. The second-order valence-corrected chi connectivity index (χ2v) is 8.49. The number of hydrogen-bond donors (Lipinski definition) is 1. The zero-order valence-electron chi connectivity index (χ0n) is 12.7. The van der Waals surface area contributed by atoms with Crippen molar-refractivity contribution in [3.8, 4) is 6.07 Å². The van der Waals surface area contributed by atoms with Gasteiger partial charge in [0.15, 0.2) is 0 Å². The zero-order chi connectivity index (χ0) is 17.7. The summed E-state index contributed by atoms with van der Waals surface area (Å²) in [4.78, 5) is 13.2. The van der Waals surface area contributed by atoms with Crippen LogP contribution in [-0.2, 0) is 14.8 Å². The molecule has 9 heteroatoms. The number of halogens is 1. The molecule has 1 N–H and O–H groups in total. The minimum atomic E-state index is -3.65. The SMILES string of the molecule is CC(=O)N(CCNS(=O)(=O)c1ccc(Cl)s1)c1ccc(C#N)cc1. The molecule has 0 fully saturated rings. The normalized spacial score (nSPS) is 11.0. The number of rotatable bonds is 6. The van der Waals surface area contributed by atoms with E-state index in [1.54, 1.807) is 24.3 Å². The lowest BCUT2D eigenvalue weighted by atomic mass is 10.2. The molecule has 0 saturated carbocycles. The van der Waals surface area contributed by atoms with Gasteiger partial charge in [0.2, 0.25) is 15.9 Å². The van der Waals surface area contributed by atoms with Crippen LogP contribution in [0.2, 0.25) is 4.34 Å². The smallest absolute Gasteiger partial charge is 0.250 e. The highest BCUT2D eigenvalue weighted by Crippen LogP contribution is 2.25. The molecule has 0 unspecified atom stereocenters. The van der Waals surface area contributed by atoms with E-state index in [4.69, 9.17) is 16.9 Å². The molecule has 2 aromatic rings. The first-order chi connectivity index (χ1) is 11.3. The second-order valence-electron chi connectivity index (χ2n) is 4.79. The van der Waals surface area contributed by atoms with Crippen molar-refractivity contribution in [2.75, 3.05) is 18.0 Å². The minimum absolute atomic E-state index is 0.0530. The minimum Gasteiger partial charge on any atom is -0.311 e. The molecular weight excluding hydrogens is 370 g/mol. The van der Waals surface area contributed by atoms with Gasteiger partial charge in [-0.15, -0.1) is 11.3 Å². The first-order valence-electron chi connectivity index (χ1n) is 6.87. The molecule has 1 aromatic carbocycles. The van der Waals surface area contributed by atoms with Crippen molar-refractivity contribution in [3.05, 3.63) is 46.3 Å². The Kier molecular flexibility index (Phi) is 5.96. The third-order valence-electron chi connectivity index (χ3n) is 3.13. The number of carbonyl (C=O) groups is 1. The van der Waals surface area contributed by atoms with E-state index in [0.717, 1.165) is 11.3 Å². The van der Waals surface area contributed by atoms with E-state index < -0.39 is 10.0 Å². The third-order valence-corrected chi connectivity index (χ3v) is 6.31. The van der Waals surface area contributed by atoms with Crippen LogP contribution < -0.4 is 9.62 Å². The van der Waals surface area contributed by atoms with Crippen molar-refractivity contribution in [2.24, 2.45) is 0 Å². The van der Waals surface area contributed by atoms with E-state index in [2.05, 4.69) is 4.72 Å². The molecule has 6 nitrogen and oxygen atoms in total. The van der Waals surface area contributed by atoms with Crippen molar-refractivity contribution in [3.63, 3.8) is 0 Å². The lowest BCUT2D eigenvalue weighted by Crippen LogP contribution is -2.37. The van der Waals surface area contributed by atoms with Crippen LogP contribution in [0.25, 0.3) is 0 Å². The maximum Gasteiger partial charge on any atom is 0.250 e. The van der Waals surface area contributed by atoms with E-state index in [0.29, 0.717) is 15.6 Å². The second kappa shape index (κ2) is 7.77. The molecule has 0 aliphatic carbocycles. The number of nitrogens with zero attached hydrogens (tertiary/aromatic N) is 2. The maximum absolute atomic E-state index is 12.1. The molecule has 1 amide bonds. The summed E-state index contributed by atoms with van der Waals surface area (Å²) in [6.07, 6.45) is 0. The van der Waals surface area contributed by atoms with Crippen LogP contribution in [0.4, 0.5) is 5.69 Å². The number of nitriles is 1. The number of amides is 1. The summed E-state index contributed by atoms with van der Waals surface area (Å²) in [6, 6.07) is 11.4. The molecule has 0 atom stereocenters. The van der Waals surface area contributed by atoms with Crippen molar-refractivity contribution < 1.29 is 13.2 Å². The standard InChI is InChI=1S/C15H14ClN3O3S2/c1-11(20)19(13-4-2-12(10-17)3-5-13)9-8-18-24(21,22)15-7-6-14(16)23-15/h2-7,18H,8-9H2,1H3. The largest absolute Gasteiger partial charge is 0.311 e. The number of benzene rings is 1. The Bertz CT molecular complexity index is 870. The van der Waals surface area contributed by atoms with Gasteiger partial charge < -0.3 is 4.90 Å². The van der Waals surface area contributed by atoms with Crippen LogP contribution >= 0.6 is 22.9 Å². The average Bonchev–Trinajstić information content (AvgIpc) is 2.99. The van der Waals surface area contributed by atoms with Crippen molar-refractivity contribution in [1.29, 1.82) is 5.26 Å². The Morgan fingerprint density at radius 1 is 1.29 bits per heavy atom. The zero-order valence-corrected chi connectivity index (χ0v) is 15.1. The number of thiophene rings is 1. The monoisotopic (exact) mass is 383 g/mol. The average molecular weight is 384 g/mol. The highest BCUT2D eigenvalue weighted by atomic mass is 35.5. The fourth-order valence-electron chi connectivity index (χ4n) is 1.99. The molecule has 126 valence electrons. The molecule has 0 aliphatic heterocycles. The third kappa shape index (κ3) is 4.55. The van der Waals surface area contributed by atoms with Crippen LogP contribution in [0.5, 0.6) is 0 Å².